The van der Waals surface area contributed by atoms with Gasteiger partial charge in [-0.3, -0.25) is 4.57 Å². The highest BCUT2D eigenvalue weighted by atomic mass is 31.2. The molecule has 0 aliphatic heterocycles. The Bertz CT molecular complexity index is 648. The Morgan fingerprint density at radius 2 is 1.31 bits per heavy atom. The molecule has 1 aliphatic rings. The Balaban J connectivity index is 2.19. The number of methoxy groups -OCH3 is 1. The first-order chi connectivity index (χ1) is 18.6. The van der Waals surface area contributed by atoms with Crippen LogP contribution in [0, 0.1) is 0 Å². The molecule has 0 spiro atoms. The van der Waals surface area contributed by atoms with E-state index in [9.17, 15) is 34.8 Å². The van der Waals surface area contributed by atoms with Gasteiger partial charge >= 0.3 is 0 Å². The second-order valence-corrected chi connectivity index (χ2v) is 12.3. The second-order valence-electron chi connectivity index (χ2n) is 11.2. The lowest BCUT2D eigenvalue weighted by Crippen LogP contribution is -2.66. The van der Waals surface area contributed by atoms with Crippen molar-refractivity contribution in [3.8, 4) is 0 Å². The molecule has 0 aromatic carbocycles. The zero-order chi connectivity index (χ0) is 29.2. The van der Waals surface area contributed by atoms with E-state index >= 15 is 0 Å². The number of unbranched alkanes of at least 4 members (excludes halogenated alkanes) is 15. The molecule has 0 aromatic rings. The molecule has 11 heteroatoms. The van der Waals surface area contributed by atoms with Gasteiger partial charge in [0.1, 0.15) is 17.8 Å². The summed E-state index contributed by atoms with van der Waals surface area (Å²) in [5.41, 5.74) is -2.29. The molecule has 5 N–H and O–H groups in total. The highest BCUT2D eigenvalue weighted by Crippen LogP contribution is 2.47. The zero-order valence-corrected chi connectivity index (χ0v) is 25.1. The lowest BCUT2D eigenvalue weighted by molar-refractivity contribution is -0.276. The average molecular weight is 584 g/mol. The van der Waals surface area contributed by atoms with Gasteiger partial charge in [-0.1, -0.05) is 103 Å². The van der Waals surface area contributed by atoms with Gasteiger partial charge in [0.15, 0.2) is 0 Å². The SMILES string of the molecule is CCCCCCCCCCCCCCCCCCOC[C@@H](C[C@@]1(OP(=O)([O-])O)[C@H](O)C[C@@H](O)[C@H](O)[C@H]1O)OC. The normalized spacial score (nSPS) is 27.9. The predicted octanol–water partition coefficient (Wildman–Crippen LogP) is 3.73. The minimum Gasteiger partial charge on any atom is -0.756 e. The van der Waals surface area contributed by atoms with Crippen LogP contribution in [-0.4, -0.2) is 81.8 Å². The van der Waals surface area contributed by atoms with Gasteiger partial charge in [-0.25, -0.2) is 0 Å². The van der Waals surface area contributed by atoms with Gasteiger partial charge in [-0.15, -0.1) is 0 Å². The zero-order valence-electron chi connectivity index (χ0n) is 24.3. The van der Waals surface area contributed by atoms with Gasteiger partial charge in [0, 0.05) is 26.6 Å². The van der Waals surface area contributed by atoms with Crippen LogP contribution >= 0.6 is 7.82 Å². The van der Waals surface area contributed by atoms with E-state index < -0.39 is 50.4 Å². The van der Waals surface area contributed by atoms with Crippen LogP contribution in [0.25, 0.3) is 0 Å². The summed E-state index contributed by atoms with van der Waals surface area (Å²) in [6.07, 6.45) is 11.9. The predicted molar refractivity (Wildman–Crippen MR) is 148 cm³/mol. The fourth-order valence-corrected chi connectivity index (χ4v) is 6.15. The number of aliphatic hydroxyl groups is 4. The van der Waals surface area contributed by atoms with Crippen molar-refractivity contribution in [3.63, 3.8) is 0 Å². The van der Waals surface area contributed by atoms with Crippen LogP contribution in [0.3, 0.4) is 0 Å². The summed E-state index contributed by atoms with van der Waals surface area (Å²) in [7, 11) is -4.05. The largest absolute Gasteiger partial charge is 0.756 e. The number of aliphatic hydroxyl groups excluding tert-OH is 4. The summed E-state index contributed by atoms with van der Waals surface area (Å²) in [5, 5.41) is 40.9. The Labute approximate surface area is 235 Å². The molecule has 0 bridgehead atoms. The fourth-order valence-electron chi connectivity index (χ4n) is 5.42. The lowest BCUT2D eigenvalue weighted by atomic mass is 9.73. The Morgan fingerprint density at radius 3 is 1.74 bits per heavy atom. The summed E-state index contributed by atoms with van der Waals surface area (Å²) >= 11 is 0. The van der Waals surface area contributed by atoms with Gasteiger partial charge in [0.25, 0.3) is 7.82 Å². The molecule has 1 saturated carbocycles. The third-order valence-electron chi connectivity index (χ3n) is 7.86. The van der Waals surface area contributed by atoms with Gasteiger partial charge in [-0.05, 0) is 6.42 Å². The van der Waals surface area contributed by atoms with Crippen molar-refractivity contribution in [1.29, 1.82) is 0 Å². The number of hydrogen-bond acceptors (Lipinski definition) is 9. The van der Waals surface area contributed by atoms with E-state index in [2.05, 4.69) is 6.92 Å². The van der Waals surface area contributed by atoms with E-state index in [1.807, 2.05) is 0 Å². The Hall–Kier alpha value is -0.130. The second kappa shape index (κ2) is 20.7. The van der Waals surface area contributed by atoms with Gasteiger partial charge < -0.3 is 44.2 Å². The molecule has 0 amide bonds. The standard InChI is InChI=1S/C28H57O10P/c1-3-4-5-6-7-8-9-10-11-12-13-14-15-16-17-18-19-37-22-23(36-2)21-28(38-39(33,34)35)25(30)20-24(29)26(31)27(28)32/h23-27,29-32H,3-22H2,1-2H3,(H2,33,34,35)/p-1/t23-,24-,25-,26+,27-,28-/m1/s1. The maximum atomic E-state index is 11.5. The molecule has 0 saturated heterocycles. The maximum Gasteiger partial charge on any atom is 0.265 e. The van der Waals surface area contributed by atoms with E-state index in [1.54, 1.807) is 0 Å². The van der Waals surface area contributed by atoms with Crippen molar-refractivity contribution in [1.82, 2.24) is 0 Å². The lowest BCUT2D eigenvalue weighted by Gasteiger charge is -2.50. The molecule has 234 valence electrons. The maximum absolute atomic E-state index is 11.5. The minimum absolute atomic E-state index is 0.0347. The molecule has 10 nitrogen and oxygen atoms in total. The van der Waals surface area contributed by atoms with E-state index in [1.165, 1.54) is 90.6 Å². The summed E-state index contributed by atoms with van der Waals surface area (Å²) in [6.45, 7) is 2.76. The Kier molecular flexibility index (Phi) is 19.6. The molecule has 39 heavy (non-hydrogen) atoms. The number of rotatable bonds is 24. The number of hydrogen-bond donors (Lipinski definition) is 5. The van der Waals surface area contributed by atoms with Crippen LogP contribution < -0.4 is 4.89 Å². The molecule has 1 rings (SSSR count). The third-order valence-corrected chi connectivity index (χ3v) is 8.43. The number of phosphoric acid groups is 1. The molecule has 1 fully saturated rings. The van der Waals surface area contributed by atoms with E-state index in [0.29, 0.717) is 6.61 Å². The molecule has 7 atom stereocenters. The van der Waals surface area contributed by atoms with Crippen molar-refractivity contribution >= 4 is 7.82 Å². The first-order valence-corrected chi connectivity index (χ1v) is 16.6. The van der Waals surface area contributed by atoms with Crippen LogP contribution in [0.2, 0.25) is 0 Å². The molecule has 0 heterocycles. The number of phosphoric ester groups is 1. The monoisotopic (exact) mass is 583 g/mol. The van der Waals surface area contributed by atoms with E-state index in [-0.39, 0.29) is 13.0 Å². The van der Waals surface area contributed by atoms with E-state index in [0.717, 1.165) is 19.3 Å². The summed E-state index contributed by atoms with van der Waals surface area (Å²) in [4.78, 5) is 20.8. The molecular formula is C28H56O10P-. The van der Waals surface area contributed by atoms with Gasteiger partial charge in [0.2, 0.25) is 0 Å². The number of ether oxygens (including phenoxy) is 2. The Morgan fingerprint density at radius 1 is 0.846 bits per heavy atom. The van der Waals surface area contributed by atoms with E-state index in [4.69, 9.17) is 14.0 Å². The summed E-state index contributed by atoms with van der Waals surface area (Å²) in [5.74, 6) is 0. The summed E-state index contributed by atoms with van der Waals surface area (Å²) in [6, 6.07) is 0. The van der Waals surface area contributed by atoms with Crippen molar-refractivity contribution in [2.24, 2.45) is 0 Å². The van der Waals surface area contributed by atoms with Crippen LogP contribution in [0.4, 0.5) is 0 Å². The first kappa shape index (κ1) is 36.9. The van der Waals surface area contributed by atoms with Crippen LogP contribution in [0.5, 0.6) is 0 Å². The van der Waals surface area contributed by atoms with Crippen molar-refractivity contribution in [3.05, 3.63) is 0 Å². The molecule has 1 unspecified atom stereocenters. The highest BCUT2D eigenvalue weighted by Gasteiger charge is 2.57. The average Bonchev–Trinajstić information content (AvgIpc) is 2.88. The van der Waals surface area contributed by atoms with Crippen LogP contribution in [0.15, 0.2) is 0 Å². The quantitative estimate of drug-likeness (QED) is 0.0834. The molecule has 1 aliphatic carbocycles. The van der Waals surface area contributed by atoms with Crippen molar-refractivity contribution in [2.75, 3.05) is 20.3 Å². The molecular weight excluding hydrogens is 527 g/mol. The van der Waals surface area contributed by atoms with Crippen LogP contribution in [0.1, 0.15) is 122 Å². The van der Waals surface area contributed by atoms with Crippen LogP contribution in [-0.2, 0) is 18.6 Å². The first-order valence-electron chi connectivity index (χ1n) is 15.1. The fraction of sp³-hybridized carbons (Fsp3) is 1.00. The molecule has 0 aromatic heterocycles. The molecule has 0 radical (unpaired) electrons. The summed E-state index contributed by atoms with van der Waals surface area (Å²) < 4.78 is 27.3. The van der Waals surface area contributed by atoms with Crippen molar-refractivity contribution in [2.45, 2.75) is 159 Å². The topological polar surface area (TPSA) is 169 Å². The van der Waals surface area contributed by atoms with Gasteiger partial charge in [0.05, 0.1) is 24.9 Å². The van der Waals surface area contributed by atoms with Gasteiger partial charge in [-0.2, -0.15) is 0 Å². The van der Waals surface area contributed by atoms with Crippen molar-refractivity contribution < 1.29 is 48.8 Å². The minimum atomic E-state index is -5.41. The third kappa shape index (κ3) is 15.1. The highest BCUT2D eigenvalue weighted by molar-refractivity contribution is 7.44. The smallest absolute Gasteiger partial charge is 0.265 e.